The van der Waals surface area contributed by atoms with Gasteiger partial charge >= 0.3 is 0 Å². The van der Waals surface area contributed by atoms with Crippen molar-refractivity contribution < 1.29 is 9.90 Å². The van der Waals surface area contributed by atoms with Crippen molar-refractivity contribution in [3.8, 4) is 0 Å². The largest absolute Gasteiger partial charge is 0.389 e. The molecule has 1 N–H and O–H groups in total. The number of amides is 1. The van der Waals surface area contributed by atoms with Gasteiger partial charge in [-0.3, -0.25) is 4.79 Å². The number of aliphatic hydroxyl groups is 1. The topological polar surface area (TPSA) is 43.8 Å². The lowest BCUT2D eigenvalue weighted by molar-refractivity contribution is -0.129. The summed E-state index contributed by atoms with van der Waals surface area (Å²) < 4.78 is 0. The van der Waals surface area contributed by atoms with Crippen LogP contribution in [0.4, 0.5) is 5.69 Å². The Bertz CT molecular complexity index is 462. The minimum atomic E-state index is -0.583. The van der Waals surface area contributed by atoms with Crippen molar-refractivity contribution >= 4 is 23.2 Å². The Morgan fingerprint density at radius 3 is 2.67 bits per heavy atom. The lowest BCUT2D eigenvalue weighted by Crippen LogP contribution is -2.48. The number of rotatable bonds is 2. The molecule has 1 unspecified atom stereocenters. The number of anilines is 1. The predicted molar refractivity (Wildman–Crippen MR) is 71.9 cm³/mol. The fraction of sp³-hybridized carbons (Fsp3) is 0.462. The molecule has 0 aromatic heterocycles. The van der Waals surface area contributed by atoms with Gasteiger partial charge in [-0.1, -0.05) is 17.7 Å². The Balaban J connectivity index is 2.19. The van der Waals surface area contributed by atoms with E-state index >= 15 is 0 Å². The van der Waals surface area contributed by atoms with Crippen molar-refractivity contribution in [2.45, 2.75) is 13.0 Å². The molecule has 1 amide bonds. The standard InChI is InChI=1S/C13H17ClN2O2/c1-9(17)11-4-3-10(7-12(11)14)16-6-5-15(2)13(18)8-16/h3-4,7,9,17H,5-6,8H2,1-2H3. The van der Waals surface area contributed by atoms with Crippen LogP contribution in [0.3, 0.4) is 0 Å². The van der Waals surface area contributed by atoms with E-state index < -0.39 is 6.10 Å². The molecule has 0 radical (unpaired) electrons. The summed E-state index contributed by atoms with van der Waals surface area (Å²) in [6, 6.07) is 5.51. The molecule has 98 valence electrons. The molecule has 5 heteroatoms. The predicted octanol–water partition coefficient (Wildman–Crippen LogP) is 1.67. The molecule has 18 heavy (non-hydrogen) atoms. The van der Waals surface area contributed by atoms with Crippen LogP contribution in [0.5, 0.6) is 0 Å². The monoisotopic (exact) mass is 268 g/mol. The average molecular weight is 269 g/mol. The van der Waals surface area contributed by atoms with Gasteiger partial charge in [-0.05, 0) is 24.6 Å². The van der Waals surface area contributed by atoms with E-state index in [-0.39, 0.29) is 5.91 Å². The maximum Gasteiger partial charge on any atom is 0.241 e. The van der Waals surface area contributed by atoms with Crippen LogP contribution in [-0.2, 0) is 4.79 Å². The normalized spacial score (nSPS) is 18.1. The van der Waals surface area contributed by atoms with Crippen LogP contribution in [0.25, 0.3) is 0 Å². The molecule has 1 atom stereocenters. The Kier molecular flexibility index (Phi) is 3.78. The molecule has 0 saturated carbocycles. The van der Waals surface area contributed by atoms with Crippen LogP contribution in [0, 0.1) is 0 Å². The van der Waals surface area contributed by atoms with Crippen LogP contribution < -0.4 is 4.90 Å². The molecule has 2 rings (SSSR count). The SMILES string of the molecule is CC(O)c1ccc(N2CCN(C)C(=O)C2)cc1Cl. The molecule has 1 fully saturated rings. The lowest BCUT2D eigenvalue weighted by atomic mass is 10.1. The number of piperazine rings is 1. The number of likely N-dealkylation sites (N-methyl/N-ethyl adjacent to an activating group) is 1. The molecule has 1 aromatic carbocycles. The van der Waals surface area contributed by atoms with Crippen LogP contribution in [0.2, 0.25) is 5.02 Å². The minimum absolute atomic E-state index is 0.108. The molecular weight excluding hydrogens is 252 g/mol. The molecule has 1 aliphatic heterocycles. The van der Waals surface area contributed by atoms with Gasteiger partial charge in [0.2, 0.25) is 5.91 Å². The number of carbonyl (C=O) groups is 1. The van der Waals surface area contributed by atoms with Gasteiger partial charge in [-0.15, -0.1) is 0 Å². The second kappa shape index (κ2) is 5.16. The summed E-state index contributed by atoms with van der Waals surface area (Å²) in [6.45, 7) is 3.57. The number of aliphatic hydroxyl groups excluding tert-OH is 1. The van der Waals surface area contributed by atoms with E-state index in [0.717, 1.165) is 12.2 Å². The Labute approximate surface area is 112 Å². The molecule has 4 nitrogen and oxygen atoms in total. The van der Waals surface area contributed by atoms with Gasteiger partial charge in [-0.2, -0.15) is 0 Å². The molecule has 1 aliphatic rings. The zero-order valence-electron chi connectivity index (χ0n) is 10.6. The Morgan fingerprint density at radius 1 is 1.39 bits per heavy atom. The molecule has 1 aromatic rings. The third-order valence-corrected chi connectivity index (χ3v) is 3.58. The summed E-state index contributed by atoms with van der Waals surface area (Å²) in [5.41, 5.74) is 1.63. The van der Waals surface area contributed by atoms with Crippen molar-refractivity contribution in [3.63, 3.8) is 0 Å². The first-order valence-corrected chi connectivity index (χ1v) is 6.33. The van der Waals surface area contributed by atoms with E-state index in [9.17, 15) is 9.90 Å². The molecule has 0 aliphatic carbocycles. The third kappa shape index (κ3) is 2.60. The quantitative estimate of drug-likeness (QED) is 0.887. The first kappa shape index (κ1) is 13.2. The van der Waals surface area contributed by atoms with Gasteiger partial charge in [0.1, 0.15) is 0 Å². The van der Waals surface area contributed by atoms with E-state index in [1.54, 1.807) is 11.8 Å². The second-order valence-corrected chi connectivity index (χ2v) is 5.03. The number of carbonyl (C=O) groups excluding carboxylic acids is 1. The van der Waals surface area contributed by atoms with Crippen LogP contribution in [0.1, 0.15) is 18.6 Å². The van der Waals surface area contributed by atoms with Crippen LogP contribution in [0.15, 0.2) is 18.2 Å². The number of nitrogens with zero attached hydrogens (tertiary/aromatic N) is 2. The Morgan fingerprint density at radius 2 is 2.11 bits per heavy atom. The van der Waals surface area contributed by atoms with E-state index in [0.29, 0.717) is 23.7 Å². The van der Waals surface area contributed by atoms with E-state index in [1.165, 1.54) is 0 Å². The second-order valence-electron chi connectivity index (χ2n) is 4.62. The number of hydrogen-bond donors (Lipinski definition) is 1. The fourth-order valence-electron chi connectivity index (χ4n) is 2.03. The minimum Gasteiger partial charge on any atom is -0.389 e. The van der Waals surface area contributed by atoms with Crippen molar-refractivity contribution in [2.24, 2.45) is 0 Å². The highest BCUT2D eigenvalue weighted by atomic mass is 35.5. The van der Waals surface area contributed by atoms with Crippen LogP contribution in [-0.4, -0.2) is 42.6 Å². The molecular formula is C13H17ClN2O2. The fourth-order valence-corrected chi connectivity index (χ4v) is 2.36. The number of hydrogen-bond acceptors (Lipinski definition) is 3. The highest BCUT2D eigenvalue weighted by Crippen LogP contribution is 2.28. The Hall–Kier alpha value is -1.26. The van der Waals surface area contributed by atoms with E-state index in [1.807, 2.05) is 30.1 Å². The number of benzene rings is 1. The average Bonchev–Trinajstić information content (AvgIpc) is 2.32. The third-order valence-electron chi connectivity index (χ3n) is 3.26. The molecule has 0 spiro atoms. The van der Waals surface area contributed by atoms with E-state index in [4.69, 9.17) is 11.6 Å². The van der Waals surface area contributed by atoms with Crippen molar-refractivity contribution in [1.82, 2.24) is 4.90 Å². The van der Waals surface area contributed by atoms with Gasteiger partial charge in [0, 0.05) is 30.8 Å². The van der Waals surface area contributed by atoms with Gasteiger partial charge in [0.15, 0.2) is 0 Å². The first-order valence-electron chi connectivity index (χ1n) is 5.95. The molecule has 0 bridgehead atoms. The summed E-state index contributed by atoms with van der Waals surface area (Å²) >= 11 is 6.13. The van der Waals surface area contributed by atoms with Gasteiger partial charge < -0.3 is 14.9 Å². The van der Waals surface area contributed by atoms with Gasteiger partial charge in [0.05, 0.1) is 12.6 Å². The molecule has 1 saturated heterocycles. The van der Waals surface area contributed by atoms with E-state index in [2.05, 4.69) is 0 Å². The molecule has 1 heterocycles. The van der Waals surface area contributed by atoms with Crippen molar-refractivity contribution in [2.75, 3.05) is 31.6 Å². The zero-order chi connectivity index (χ0) is 13.3. The summed E-state index contributed by atoms with van der Waals surface area (Å²) in [4.78, 5) is 15.4. The highest BCUT2D eigenvalue weighted by molar-refractivity contribution is 6.31. The lowest BCUT2D eigenvalue weighted by Gasteiger charge is -2.33. The maximum absolute atomic E-state index is 11.6. The van der Waals surface area contributed by atoms with Crippen molar-refractivity contribution in [3.05, 3.63) is 28.8 Å². The van der Waals surface area contributed by atoms with Gasteiger partial charge in [-0.25, -0.2) is 0 Å². The maximum atomic E-state index is 11.6. The van der Waals surface area contributed by atoms with Crippen molar-refractivity contribution in [1.29, 1.82) is 0 Å². The highest BCUT2D eigenvalue weighted by Gasteiger charge is 2.21. The number of halogens is 1. The summed E-state index contributed by atoms with van der Waals surface area (Å²) in [7, 11) is 1.81. The summed E-state index contributed by atoms with van der Waals surface area (Å²) in [5, 5.41) is 10.1. The smallest absolute Gasteiger partial charge is 0.241 e. The van der Waals surface area contributed by atoms with Gasteiger partial charge in [0.25, 0.3) is 0 Å². The zero-order valence-corrected chi connectivity index (χ0v) is 11.3. The first-order chi connectivity index (χ1) is 8.49. The summed E-state index contributed by atoms with van der Waals surface area (Å²) in [5.74, 6) is 0.108. The van der Waals surface area contributed by atoms with Crippen LogP contribution >= 0.6 is 11.6 Å². The summed E-state index contributed by atoms with van der Waals surface area (Å²) in [6.07, 6.45) is -0.583.